The number of amides is 1. The fourth-order valence-corrected chi connectivity index (χ4v) is 4.69. The van der Waals surface area contributed by atoms with Gasteiger partial charge < -0.3 is 28.4 Å². The van der Waals surface area contributed by atoms with Gasteiger partial charge in [0.05, 0.1) is 44.6 Å². The number of rotatable bonds is 9. The normalized spacial score (nSPS) is 15.4. The Morgan fingerprint density at radius 1 is 0.889 bits per heavy atom. The number of carbonyl (C=O) groups excluding carboxylic acids is 1. The maximum Gasteiger partial charge on any atom is 0.227 e. The molecule has 1 aromatic heterocycles. The summed E-state index contributed by atoms with van der Waals surface area (Å²) in [7, 11) is 4.85. The summed E-state index contributed by atoms with van der Waals surface area (Å²) in [5.41, 5.74) is 2.63. The third-order valence-corrected chi connectivity index (χ3v) is 6.49. The highest BCUT2D eigenvalue weighted by Gasteiger charge is 2.36. The number of anilines is 1. The van der Waals surface area contributed by atoms with Gasteiger partial charge in [-0.3, -0.25) is 4.79 Å². The van der Waals surface area contributed by atoms with E-state index in [2.05, 4.69) is 10.6 Å². The first-order chi connectivity index (χ1) is 17.6. The van der Waals surface area contributed by atoms with Crippen molar-refractivity contribution in [3.8, 4) is 23.0 Å². The number of ether oxygens (including phenoxy) is 4. The average Bonchev–Trinajstić information content (AvgIpc) is 3.49. The number of imidazole rings is 1. The van der Waals surface area contributed by atoms with Crippen LogP contribution in [0.15, 0.2) is 66.7 Å². The van der Waals surface area contributed by atoms with E-state index in [4.69, 9.17) is 23.9 Å². The molecule has 1 unspecified atom stereocenters. The molecule has 0 radical (unpaired) electrons. The summed E-state index contributed by atoms with van der Waals surface area (Å²) in [6.07, 6.45) is 0.364. The summed E-state index contributed by atoms with van der Waals surface area (Å²) in [4.78, 5) is 19.9. The number of benzene rings is 3. The first-order valence-corrected chi connectivity index (χ1v) is 11.9. The van der Waals surface area contributed by atoms with Gasteiger partial charge in [0, 0.05) is 24.9 Å². The Kier molecular flexibility index (Phi) is 6.66. The van der Waals surface area contributed by atoms with Crippen LogP contribution < -0.4 is 23.8 Å². The summed E-state index contributed by atoms with van der Waals surface area (Å²) in [5.74, 6) is 3.70. The zero-order valence-corrected chi connectivity index (χ0v) is 20.6. The maximum absolute atomic E-state index is 13.2. The molecule has 5 rings (SSSR count). The minimum absolute atomic E-state index is 0.0274. The molecule has 1 aliphatic rings. The van der Waals surface area contributed by atoms with E-state index in [-0.39, 0.29) is 11.8 Å². The predicted molar refractivity (Wildman–Crippen MR) is 137 cm³/mol. The molecule has 1 saturated heterocycles. The molecule has 0 spiro atoms. The molecule has 1 fully saturated rings. The summed E-state index contributed by atoms with van der Waals surface area (Å²) in [6, 6.07) is 21.0. The lowest BCUT2D eigenvalue weighted by Crippen LogP contribution is -2.25. The number of methoxy groups -OCH3 is 3. The number of fused-ring (bicyclic) bond motifs is 1. The smallest absolute Gasteiger partial charge is 0.227 e. The second-order valence-electron chi connectivity index (χ2n) is 8.58. The van der Waals surface area contributed by atoms with Gasteiger partial charge in [-0.2, -0.15) is 0 Å². The molecule has 0 saturated carbocycles. The Morgan fingerprint density at radius 3 is 2.36 bits per heavy atom. The van der Waals surface area contributed by atoms with Crippen LogP contribution in [0.4, 0.5) is 5.69 Å². The van der Waals surface area contributed by atoms with Crippen LogP contribution in [0.25, 0.3) is 11.0 Å². The van der Waals surface area contributed by atoms with E-state index in [1.807, 2.05) is 60.7 Å². The van der Waals surface area contributed by atoms with Crippen molar-refractivity contribution in [1.82, 2.24) is 9.55 Å². The highest BCUT2D eigenvalue weighted by molar-refractivity contribution is 5.98. The van der Waals surface area contributed by atoms with Gasteiger partial charge in [-0.25, -0.2) is 4.98 Å². The lowest BCUT2D eigenvalue weighted by atomic mass is 10.1. The van der Waals surface area contributed by atoms with Crippen LogP contribution in [0.2, 0.25) is 0 Å². The van der Waals surface area contributed by atoms with Gasteiger partial charge in [-0.15, -0.1) is 0 Å². The minimum atomic E-state index is -0.0678. The van der Waals surface area contributed by atoms with Crippen LogP contribution in [-0.2, 0) is 11.3 Å². The summed E-state index contributed by atoms with van der Waals surface area (Å²) < 4.78 is 24.3. The quantitative estimate of drug-likeness (QED) is 0.342. The van der Waals surface area contributed by atoms with Crippen LogP contribution in [0.1, 0.15) is 18.2 Å². The Bertz CT molecular complexity index is 1370. The van der Waals surface area contributed by atoms with Crippen molar-refractivity contribution in [3.63, 3.8) is 0 Å². The molecule has 0 N–H and O–H groups in total. The molecule has 36 heavy (non-hydrogen) atoms. The van der Waals surface area contributed by atoms with E-state index in [0.29, 0.717) is 43.3 Å². The van der Waals surface area contributed by atoms with Crippen molar-refractivity contribution in [2.24, 2.45) is 0 Å². The zero-order valence-electron chi connectivity index (χ0n) is 20.6. The second kappa shape index (κ2) is 10.2. The van der Waals surface area contributed by atoms with Crippen LogP contribution in [0, 0.1) is 0 Å². The molecule has 3 aromatic carbocycles. The van der Waals surface area contributed by atoms with Crippen molar-refractivity contribution < 1.29 is 23.7 Å². The maximum atomic E-state index is 13.2. The van der Waals surface area contributed by atoms with Gasteiger partial charge in [0.15, 0.2) is 0 Å². The number of hydrogen-bond donors (Lipinski definition) is 0. The average molecular weight is 488 g/mol. The van der Waals surface area contributed by atoms with Crippen molar-refractivity contribution in [2.45, 2.75) is 18.9 Å². The SMILES string of the molecule is COc1ccc(OCCn2c(C3CC(=O)N(c4cc(OC)ccc4OC)C3)nc3ccccc32)cc1. The lowest BCUT2D eigenvalue weighted by molar-refractivity contribution is -0.117. The Morgan fingerprint density at radius 2 is 1.61 bits per heavy atom. The molecule has 0 bridgehead atoms. The molecule has 1 amide bonds. The molecular weight excluding hydrogens is 458 g/mol. The van der Waals surface area contributed by atoms with Crippen molar-refractivity contribution >= 4 is 22.6 Å². The highest BCUT2D eigenvalue weighted by atomic mass is 16.5. The molecule has 8 heteroatoms. The largest absolute Gasteiger partial charge is 0.497 e. The Hall–Kier alpha value is -4.20. The van der Waals surface area contributed by atoms with Gasteiger partial charge in [-0.05, 0) is 48.5 Å². The van der Waals surface area contributed by atoms with Crippen molar-refractivity contribution in [1.29, 1.82) is 0 Å². The van der Waals surface area contributed by atoms with Crippen molar-refractivity contribution in [3.05, 3.63) is 72.6 Å². The molecule has 186 valence electrons. The standard InChI is InChI=1S/C28H29N3O5/c1-33-20-8-10-21(11-9-20)36-15-14-30-24-7-5-4-6-23(24)29-28(30)19-16-27(32)31(18-19)25-17-22(34-2)12-13-26(25)35-3/h4-13,17,19H,14-16,18H2,1-3H3. The lowest BCUT2D eigenvalue weighted by Gasteiger charge is -2.20. The molecule has 1 atom stereocenters. The number of carbonyl (C=O) groups is 1. The predicted octanol–water partition coefficient (Wildman–Crippen LogP) is 4.66. The van der Waals surface area contributed by atoms with E-state index in [9.17, 15) is 4.79 Å². The van der Waals surface area contributed by atoms with E-state index < -0.39 is 0 Å². The molecular formula is C28H29N3O5. The molecule has 2 heterocycles. The van der Waals surface area contributed by atoms with Crippen LogP contribution in [-0.4, -0.2) is 49.9 Å². The number of aromatic nitrogens is 2. The van der Waals surface area contributed by atoms with E-state index in [1.54, 1.807) is 26.2 Å². The highest BCUT2D eigenvalue weighted by Crippen LogP contribution is 2.39. The van der Waals surface area contributed by atoms with Crippen LogP contribution in [0.5, 0.6) is 23.0 Å². The fourth-order valence-electron chi connectivity index (χ4n) is 4.69. The zero-order chi connectivity index (χ0) is 25.1. The third-order valence-electron chi connectivity index (χ3n) is 6.49. The molecule has 4 aromatic rings. The van der Waals surface area contributed by atoms with Crippen LogP contribution >= 0.6 is 0 Å². The van der Waals surface area contributed by atoms with Gasteiger partial charge >= 0.3 is 0 Å². The minimum Gasteiger partial charge on any atom is -0.497 e. The summed E-state index contributed by atoms with van der Waals surface area (Å²) >= 11 is 0. The third kappa shape index (κ3) is 4.54. The first-order valence-electron chi connectivity index (χ1n) is 11.9. The molecule has 1 aliphatic heterocycles. The van der Waals surface area contributed by atoms with E-state index in [0.717, 1.165) is 28.4 Å². The topological polar surface area (TPSA) is 75.1 Å². The number of nitrogens with zero attached hydrogens (tertiary/aromatic N) is 3. The van der Waals surface area contributed by atoms with Gasteiger partial charge in [0.25, 0.3) is 0 Å². The molecule has 8 nitrogen and oxygen atoms in total. The van der Waals surface area contributed by atoms with Crippen LogP contribution in [0.3, 0.4) is 0 Å². The van der Waals surface area contributed by atoms with E-state index >= 15 is 0 Å². The van der Waals surface area contributed by atoms with Gasteiger partial charge in [-0.1, -0.05) is 12.1 Å². The van der Waals surface area contributed by atoms with E-state index in [1.165, 1.54) is 0 Å². The van der Waals surface area contributed by atoms with Crippen molar-refractivity contribution in [2.75, 3.05) is 39.4 Å². The summed E-state index contributed by atoms with van der Waals surface area (Å²) in [6.45, 7) is 1.58. The number of para-hydroxylation sites is 2. The molecule has 0 aliphatic carbocycles. The first kappa shape index (κ1) is 23.5. The Labute approximate surface area is 210 Å². The van der Waals surface area contributed by atoms with Gasteiger partial charge in [0.1, 0.15) is 35.4 Å². The summed E-state index contributed by atoms with van der Waals surface area (Å²) in [5, 5.41) is 0. The fraction of sp³-hybridized carbons (Fsp3) is 0.286. The number of hydrogen-bond acceptors (Lipinski definition) is 6. The second-order valence-corrected chi connectivity index (χ2v) is 8.58. The van der Waals surface area contributed by atoms with Gasteiger partial charge in [0.2, 0.25) is 5.91 Å². The Balaban J connectivity index is 1.40. The monoisotopic (exact) mass is 487 g/mol.